The number of amides is 1. The van der Waals surface area contributed by atoms with Crippen molar-refractivity contribution >= 4 is 23.4 Å². The molecule has 1 aromatic heterocycles. The molecule has 1 amide bonds. The van der Waals surface area contributed by atoms with E-state index in [1.165, 1.54) is 17.3 Å². The van der Waals surface area contributed by atoms with E-state index >= 15 is 0 Å². The van der Waals surface area contributed by atoms with Crippen LogP contribution in [0.25, 0.3) is 11.4 Å². The third-order valence-corrected chi connectivity index (χ3v) is 5.09. The van der Waals surface area contributed by atoms with E-state index in [1.54, 1.807) is 13.2 Å². The van der Waals surface area contributed by atoms with E-state index in [9.17, 15) is 4.79 Å². The fraction of sp³-hybridized carbons (Fsp3) is 0.286. The average molecular weight is 397 g/mol. The molecule has 0 spiro atoms. The number of ether oxygens (including phenoxy) is 1. The van der Waals surface area contributed by atoms with E-state index in [0.29, 0.717) is 11.4 Å². The first-order chi connectivity index (χ1) is 13.6. The third kappa shape index (κ3) is 4.92. The van der Waals surface area contributed by atoms with E-state index in [2.05, 4.69) is 46.1 Å². The van der Waals surface area contributed by atoms with E-state index in [1.807, 2.05) is 30.3 Å². The lowest BCUT2D eigenvalue weighted by Gasteiger charge is -2.10. The van der Waals surface area contributed by atoms with Crippen molar-refractivity contribution < 1.29 is 9.53 Å². The predicted molar refractivity (Wildman–Crippen MR) is 113 cm³/mol. The Balaban J connectivity index is 1.70. The summed E-state index contributed by atoms with van der Waals surface area (Å²) in [4.78, 5) is 12.3. The zero-order valence-electron chi connectivity index (χ0n) is 16.3. The van der Waals surface area contributed by atoms with E-state index in [-0.39, 0.29) is 11.7 Å². The van der Waals surface area contributed by atoms with Gasteiger partial charge in [-0.25, -0.2) is 0 Å². The van der Waals surface area contributed by atoms with Crippen LogP contribution in [0.15, 0.2) is 53.7 Å². The topological polar surface area (TPSA) is 69.0 Å². The van der Waals surface area contributed by atoms with Gasteiger partial charge in [-0.3, -0.25) is 4.79 Å². The van der Waals surface area contributed by atoms with Crippen molar-refractivity contribution in [2.75, 3.05) is 18.2 Å². The van der Waals surface area contributed by atoms with Crippen LogP contribution in [0, 0.1) is 6.92 Å². The lowest BCUT2D eigenvalue weighted by molar-refractivity contribution is -0.113. The molecule has 0 unspecified atom stereocenters. The van der Waals surface area contributed by atoms with Crippen LogP contribution in [0.5, 0.6) is 5.75 Å². The van der Waals surface area contributed by atoms with Crippen molar-refractivity contribution in [1.29, 1.82) is 0 Å². The lowest BCUT2D eigenvalue weighted by atomic mass is 10.1. The molecule has 0 atom stereocenters. The van der Waals surface area contributed by atoms with Gasteiger partial charge in [0, 0.05) is 23.9 Å². The largest absolute Gasteiger partial charge is 0.497 e. The van der Waals surface area contributed by atoms with Gasteiger partial charge in [-0.15, -0.1) is 10.2 Å². The van der Waals surface area contributed by atoms with Gasteiger partial charge in [-0.05, 0) is 31.5 Å². The molecule has 3 aromatic rings. The zero-order valence-corrected chi connectivity index (χ0v) is 17.1. The summed E-state index contributed by atoms with van der Waals surface area (Å²) in [7, 11) is 1.60. The van der Waals surface area contributed by atoms with E-state index < -0.39 is 0 Å². The van der Waals surface area contributed by atoms with Crippen LogP contribution in [0.3, 0.4) is 0 Å². The van der Waals surface area contributed by atoms with Crippen molar-refractivity contribution in [2.45, 2.75) is 32.0 Å². The van der Waals surface area contributed by atoms with Crippen LogP contribution in [0.4, 0.5) is 5.69 Å². The molecular formula is C21H24N4O2S. The van der Waals surface area contributed by atoms with Crippen molar-refractivity contribution in [2.24, 2.45) is 0 Å². The third-order valence-electron chi connectivity index (χ3n) is 4.13. The molecule has 0 aliphatic heterocycles. The number of hydrogen-bond donors (Lipinski definition) is 1. The Morgan fingerprint density at radius 3 is 2.75 bits per heavy atom. The van der Waals surface area contributed by atoms with Gasteiger partial charge in [0.15, 0.2) is 11.0 Å². The van der Waals surface area contributed by atoms with Crippen LogP contribution >= 0.6 is 11.8 Å². The molecule has 1 heterocycles. The van der Waals surface area contributed by atoms with Gasteiger partial charge in [0.25, 0.3) is 0 Å². The summed E-state index contributed by atoms with van der Waals surface area (Å²) < 4.78 is 7.27. The number of nitrogens with one attached hydrogen (secondary N) is 1. The highest BCUT2D eigenvalue weighted by Crippen LogP contribution is 2.25. The monoisotopic (exact) mass is 396 g/mol. The number of methoxy groups -OCH3 is 1. The highest BCUT2D eigenvalue weighted by Gasteiger charge is 2.15. The van der Waals surface area contributed by atoms with Crippen molar-refractivity contribution in [3.05, 3.63) is 54.1 Å². The molecular weight excluding hydrogens is 372 g/mol. The zero-order chi connectivity index (χ0) is 19.9. The number of rotatable bonds is 8. The SMILES string of the molecule is CCCn1c(SCC(=O)Nc2cccc(OC)c2)nnc1-c1cccc(C)c1. The quantitative estimate of drug-likeness (QED) is 0.572. The number of carbonyl (C=O) groups excluding carboxylic acids is 1. The van der Waals surface area contributed by atoms with Crippen LogP contribution in [-0.4, -0.2) is 33.5 Å². The normalized spacial score (nSPS) is 10.7. The van der Waals surface area contributed by atoms with Gasteiger partial charge in [0.1, 0.15) is 5.75 Å². The summed E-state index contributed by atoms with van der Waals surface area (Å²) in [6.45, 7) is 4.97. The number of aromatic nitrogens is 3. The van der Waals surface area contributed by atoms with Crippen molar-refractivity contribution in [3.8, 4) is 17.1 Å². The highest BCUT2D eigenvalue weighted by atomic mass is 32.2. The molecule has 0 saturated heterocycles. The maximum atomic E-state index is 12.3. The summed E-state index contributed by atoms with van der Waals surface area (Å²) in [6, 6.07) is 15.5. The number of aryl methyl sites for hydroxylation is 1. The highest BCUT2D eigenvalue weighted by molar-refractivity contribution is 7.99. The summed E-state index contributed by atoms with van der Waals surface area (Å²) in [6.07, 6.45) is 0.959. The molecule has 3 rings (SSSR count). The molecule has 0 saturated carbocycles. The summed E-state index contributed by atoms with van der Waals surface area (Å²) in [5, 5.41) is 12.3. The van der Waals surface area contributed by atoms with Gasteiger partial charge in [0.05, 0.1) is 12.9 Å². The van der Waals surface area contributed by atoms with Gasteiger partial charge >= 0.3 is 0 Å². The minimum atomic E-state index is -0.0959. The second-order valence-corrected chi connectivity index (χ2v) is 7.34. The Bertz CT molecular complexity index is 955. The number of thioether (sulfide) groups is 1. The molecule has 2 aromatic carbocycles. The first-order valence-corrected chi connectivity index (χ1v) is 10.2. The Kier molecular flexibility index (Phi) is 6.71. The molecule has 0 fully saturated rings. The molecule has 28 heavy (non-hydrogen) atoms. The van der Waals surface area contributed by atoms with E-state index in [4.69, 9.17) is 4.74 Å². The number of benzene rings is 2. The molecule has 0 bridgehead atoms. The summed E-state index contributed by atoms with van der Waals surface area (Å²) in [5.74, 6) is 1.70. The number of carbonyl (C=O) groups is 1. The van der Waals surface area contributed by atoms with Crippen molar-refractivity contribution in [3.63, 3.8) is 0 Å². The molecule has 1 N–H and O–H groups in total. The Hall–Kier alpha value is -2.80. The fourth-order valence-electron chi connectivity index (χ4n) is 2.85. The maximum absolute atomic E-state index is 12.3. The molecule has 146 valence electrons. The molecule has 0 aliphatic rings. The molecule has 7 heteroatoms. The molecule has 6 nitrogen and oxygen atoms in total. The fourth-order valence-corrected chi connectivity index (χ4v) is 3.61. The minimum Gasteiger partial charge on any atom is -0.497 e. The van der Waals surface area contributed by atoms with Gasteiger partial charge in [-0.2, -0.15) is 0 Å². The summed E-state index contributed by atoms with van der Waals surface area (Å²) in [5.41, 5.74) is 2.92. The van der Waals surface area contributed by atoms with Crippen LogP contribution in [0.2, 0.25) is 0 Å². The molecule has 0 aliphatic carbocycles. The number of nitrogens with zero attached hydrogens (tertiary/aromatic N) is 3. The predicted octanol–water partition coefficient (Wildman–Crippen LogP) is 4.40. The van der Waals surface area contributed by atoms with Gasteiger partial charge in [0.2, 0.25) is 5.91 Å². The Morgan fingerprint density at radius 2 is 2.00 bits per heavy atom. The number of anilines is 1. The minimum absolute atomic E-state index is 0.0959. The van der Waals surface area contributed by atoms with Gasteiger partial charge in [-0.1, -0.05) is 48.5 Å². The second-order valence-electron chi connectivity index (χ2n) is 6.40. The van der Waals surface area contributed by atoms with Crippen LogP contribution < -0.4 is 10.1 Å². The van der Waals surface area contributed by atoms with Crippen LogP contribution in [0.1, 0.15) is 18.9 Å². The molecule has 0 radical (unpaired) electrons. The summed E-state index contributed by atoms with van der Waals surface area (Å²) >= 11 is 1.39. The Morgan fingerprint density at radius 1 is 1.18 bits per heavy atom. The van der Waals surface area contributed by atoms with E-state index in [0.717, 1.165) is 29.5 Å². The Labute approximate surface area is 169 Å². The smallest absolute Gasteiger partial charge is 0.234 e. The second kappa shape index (κ2) is 9.41. The maximum Gasteiger partial charge on any atom is 0.234 e. The van der Waals surface area contributed by atoms with Crippen molar-refractivity contribution in [1.82, 2.24) is 14.8 Å². The van der Waals surface area contributed by atoms with Crippen LogP contribution in [-0.2, 0) is 11.3 Å². The lowest BCUT2D eigenvalue weighted by Crippen LogP contribution is -2.14. The average Bonchev–Trinajstić information content (AvgIpc) is 3.09. The standard InChI is InChI=1S/C21H24N4O2S/c1-4-11-25-20(16-8-5-7-15(2)12-16)23-24-21(25)28-14-19(26)22-17-9-6-10-18(13-17)27-3/h5-10,12-13H,4,11,14H2,1-3H3,(H,22,26). The first kappa shape index (κ1) is 19.9. The van der Waals surface area contributed by atoms with Gasteiger partial charge < -0.3 is 14.6 Å². The number of hydrogen-bond acceptors (Lipinski definition) is 5. The first-order valence-electron chi connectivity index (χ1n) is 9.17.